The molecule has 2 unspecified atom stereocenters. The number of hydrogen-bond donors (Lipinski definition) is 2. The summed E-state index contributed by atoms with van der Waals surface area (Å²) in [6.07, 6.45) is 4.31. The van der Waals surface area contributed by atoms with Crippen molar-refractivity contribution in [2.24, 2.45) is 29.3 Å². The zero-order valence-corrected chi connectivity index (χ0v) is 26.5. The van der Waals surface area contributed by atoms with E-state index in [2.05, 4.69) is 43.2 Å². The number of anilines is 1. The zero-order chi connectivity index (χ0) is 30.7. The number of nitrogens with one attached hydrogen (secondary N) is 2. The smallest absolute Gasteiger partial charge is 0.261 e. The van der Waals surface area contributed by atoms with Crippen molar-refractivity contribution >= 4 is 22.5 Å². The summed E-state index contributed by atoms with van der Waals surface area (Å²) in [4.78, 5) is 25.8. The van der Waals surface area contributed by atoms with E-state index in [-0.39, 0.29) is 17.4 Å². The van der Waals surface area contributed by atoms with Gasteiger partial charge in [0.1, 0.15) is 17.4 Å². The average molecular weight is 591 g/mol. The zero-order valence-electron chi connectivity index (χ0n) is 26.5. The largest absolute Gasteiger partial charge is 0.497 e. The monoisotopic (exact) mass is 590 g/mol. The van der Waals surface area contributed by atoms with Crippen molar-refractivity contribution in [2.45, 2.75) is 65.8 Å². The minimum absolute atomic E-state index is 0.110. The fourth-order valence-corrected chi connectivity index (χ4v) is 6.70. The Morgan fingerprint density at radius 2 is 1.95 bits per heavy atom. The lowest BCUT2D eigenvalue weighted by molar-refractivity contribution is 0.0752. The number of aliphatic imine (C=N–C) groups is 1. The van der Waals surface area contributed by atoms with E-state index in [9.17, 15) is 9.18 Å². The third kappa shape index (κ3) is 6.71. The summed E-state index contributed by atoms with van der Waals surface area (Å²) in [7, 11) is 3.25. The van der Waals surface area contributed by atoms with Crippen molar-refractivity contribution in [1.29, 1.82) is 0 Å². The van der Waals surface area contributed by atoms with Crippen LogP contribution in [0.15, 0.2) is 46.2 Å². The van der Waals surface area contributed by atoms with Crippen LogP contribution in [0, 0.1) is 23.1 Å². The maximum atomic E-state index is 14.6. The van der Waals surface area contributed by atoms with Gasteiger partial charge in [-0.15, -0.1) is 0 Å². The first-order chi connectivity index (χ1) is 20.6. The molecule has 3 aromatic rings. The number of aromatic nitrogens is 2. The second-order valence-electron chi connectivity index (χ2n) is 12.8. The number of ether oxygens (including phenoxy) is 1. The molecule has 2 aliphatic rings. The molecule has 1 aliphatic carbocycles. The lowest BCUT2D eigenvalue weighted by atomic mass is 9.62. The highest BCUT2D eigenvalue weighted by molar-refractivity contribution is 5.96. The van der Waals surface area contributed by atoms with Crippen LogP contribution in [0.3, 0.4) is 0 Å². The van der Waals surface area contributed by atoms with Crippen LogP contribution in [-0.2, 0) is 19.9 Å². The van der Waals surface area contributed by atoms with Gasteiger partial charge in [-0.05, 0) is 66.3 Å². The number of guanidine groups is 1. The molecule has 2 aromatic carbocycles. The Labute approximate surface area is 254 Å². The van der Waals surface area contributed by atoms with E-state index in [4.69, 9.17) is 14.7 Å². The van der Waals surface area contributed by atoms with E-state index in [0.717, 1.165) is 44.2 Å². The topological polar surface area (TPSA) is 83.8 Å². The molecule has 0 spiro atoms. The van der Waals surface area contributed by atoms with Gasteiger partial charge >= 0.3 is 0 Å². The summed E-state index contributed by atoms with van der Waals surface area (Å²) in [5, 5.41) is 7.63. The Bertz CT molecular complexity index is 1530. The molecule has 2 fully saturated rings. The Morgan fingerprint density at radius 3 is 2.65 bits per heavy atom. The minimum Gasteiger partial charge on any atom is -0.497 e. The molecule has 9 heteroatoms. The van der Waals surface area contributed by atoms with Gasteiger partial charge in [0.2, 0.25) is 0 Å². The second-order valence-corrected chi connectivity index (χ2v) is 12.8. The molecule has 0 radical (unpaired) electrons. The van der Waals surface area contributed by atoms with Crippen LogP contribution < -0.4 is 20.9 Å². The first kappa shape index (κ1) is 31.0. The van der Waals surface area contributed by atoms with E-state index in [0.29, 0.717) is 58.1 Å². The quantitative estimate of drug-likeness (QED) is 0.284. The number of benzene rings is 2. The third-order valence-electron chi connectivity index (χ3n) is 10.0. The Kier molecular flexibility index (Phi) is 9.39. The molecule has 1 aromatic heterocycles. The summed E-state index contributed by atoms with van der Waals surface area (Å²) in [5.41, 5.74) is 2.29. The predicted molar refractivity (Wildman–Crippen MR) is 173 cm³/mol. The molecular formula is C34H47FN6O2. The average Bonchev–Trinajstić information content (AvgIpc) is 3.01. The number of hydrogen-bond acceptors (Lipinski definition) is 5. The molecule has 4 atom stereocenters. The van der Waals surface area contributed by atoms with E-state index in [1.54, 1.807) is 23.7 Å². The Hall–Kier alpha value is -3.46. The van der Waals surface area contributed by atoms with Crippen molar-refractivity contribution in [3.63, 3.8) is 0 Å². The number of methoxy groups -OCH3 is 1. The second kappa shape index (κ2) is 13.0. The van der Waals surface area contributed by atoms with Crippen molar-refractivity contribution in [3.8, 4) is 5.75 Å². The maximum Gasteiger partial charge on any atom is 0.261 e. The maximum absolute atomic E-state index is 14.6. The van der Waals surface area contributed by atoms with Gasteiger partial charge in [0.15, 0.2) is 5.96 Å². The number of halogens is 1. The van der Waals surface area contributed by atoms with Gasteiger partial charge < -0.3 is 20.3 Å². The van der Waals surface area contributed by atoms with Crippen LogP contribution in [0.25, 0.3) is 10.9 Å². The predicted octanol–water partition coefficient (Wildman–Crippen LogP) is 5.39. The first-order valence-corrected chi connectivity index (χ1v) is 15.7. The molecule has 2 heterocycles. The van der Waals surface area contributed by atoms with Gasteiger partial charge in [-0.1, -0.05) is 40.2 Å². The number of fused-ring (bicyclic) bond motifs is 1. The highest BCUT2D eigenvalue weighted by atomic mass is 19.1. The van der Waals surface area contributed by atoms with Gasteiger partial charge in [0, 0.05) is 51.4 Å². The van der Waals surface area contributed by atoms with Crippen molar-refractivity contribution in [2.75, 3.05) is 38.6 Å². The molecule has 0 amide bonds. The molecule has 5 rings (SSSR count). The lowest BCUT2D eigenvalue weighted by Crippen LogP contribution is -2.49. The Balaban J connectivity index is 1.42. The third-order valence-corrected chi connectivity index (χ3v) is 10.0. The molecule has 43 heavy (non-hydrogen) atoms. The minimum atomic E-state index is -0.322. The normalized spacial score (nSPS) is 24.8. The van der Waals surface area contributed by atoms with Gasteiger partial charge in [-0.25, -0.2) is 14.4 Å². The fourth-order valence-electron chi connectivity index (χ4n) is 6.70. The van der Waals surface area contributed by atoms with Gasteiger partial charge in [-0.2, -0.15) is 0 Å². The van der Waals surface area contributed by atoms with Gasteiger partial charge in [0.25, 0.3) is 5.56 Å². The summed E-state index contributed by atoms with van der Waals surface area (Å²) in [6, 6.07) is 10.8. The SMILES string of the molecule is CCC1(C)C[C@H](C)C(N=C(Nc2ccc3c(=O)n(C)c(CCc4ccc(OC)cc4F)nc3c2)N2CCNCC2)C[C@H]1C. The molecule has 0 bridgehead atoms. The van der Waals surface area contributed by atoms with Crippen molar-refractivity contribution in [3.05, 3.63) is 64.0 Å². The molecule has 232 valence electrons. The molecule has 8 nitrogen and oxygen atoms in total. The van der Waals surface area contributed by atoms with Crippen LogP contribution in [0.2, 0.25) is 0 Å². The van der Waals surface area contributed by atoms with Crippen LogP contribution in [0.4, 0.5) is 10.1 Å². The van der Waals surface area contributed by atoms with E-state index in [1.165, 1.54) is 26.0 Å². The standard InChI is InChI=1S/C34H47FN6O2/c1-7-34(4)21-22(2)29(18-23(34)3)39-33(41-16-14-36-15-17-41)37-25-10-12-27-30(19-25)38-31(40(5)32(27)42)13-9-24-8-11-26(43-6)20-28(24)35/h8,10-12,19-20,22-23,29,36H,7,9,13-18,21H2,1-6H3,(H,37,39)/t22-,23+,29?,34?/m0/s1. The molecule has 2 N–H and O–H groups in total. The van der Waals surface area contributed by atoms with Crippen molar-refractivity contribution in [1.82, 2.24) is 19.8 Å². The van der Waals surface area contributed by atoms with E-state index in [1.807, 2.05) is 18.2 Å². The molecule has 1 aliphatic heterocycles. The van der Waals surface area contributed by atoms with Gasteiger partial charge in [-0.3, -0.25) is 9.36 Å². The lowest BCUT2D eigenvalue weighted by Gasteiger charge is -2.45. The summed E-state index contributed by atoms with van der Waals surface area (Å²) < 4.78 is 21.3. The fraction of sp³-hybridized carbons (Fsp3) is 0.559. The Morgan fingerprint density at radius 1 is 1.19 bits per heavy atom. The summed E-state index contributed by atoms with van der Waals surface area (Å²) >= 11 is 0. The molecule has 1 saturated carbocycles. The number of nitrogens with zero attached hydrogens (tertiary/aromatic N) is 4. The number of piperazine rings is 1. The number of rotatable bonds is 7. The summed E-state index contributed by atoms with van der Waals surface area (Å²) in [5.74, 6) is 2.78. The van der Waals surface area contributed by atoms with Crippen LogP contribution in [-0.4, -0.2) is 59.7 Å². The first-order valence-electron chi connectivity index (χ1n) is 15.7. The van der Waals surface area contributed by atoms with Crippen LogP contribution in [0.1, 0.15) is 58.3 Å². The van der Waals surface area contributed by atoms with E-state index < -0.39 is 0 Å². The van der Waals surface area contributed by atoms with E-state index >= 15 is 0 Å². The van der Waals surface area contributed by atoms with Crippen LogP contribution in [0.5, 0.6) is 5.75 Å². The summed E-state index contributed by atoms with van der Waals surface area (Å²) in [6.45, 7) is 13.1. The highest BCUT2D eigenvalue weighted by Crippen LogP contribution is 2.46. The molecular weight excluding hydrogens is 543 g/mol. The molecule has 1 saturated heterocycles. The van der Waals surface area contributed by atoms with Crippen LogP contribution >= 0.6 is 0 Å². The van der Waals surface area contributed by atoms with Crippen molar-refractivity contribution < 1.29 is 9.13 Å². The number of aryl methyl sites for hydroxylation is 2. The highest BCUT2D eigenvalue weighted by Gasteiger charge is 2.40. The van der Waals surface area contributed by atoms with Gasteiger partial charge in [0.05, 0.1) is 24.1 Å².